The predicted octanol–water partition coefficient (Wildman–Crippen LogP) is 16.4. The largest absolute Gasteiger partial charge is 0.462 e. The highest BCUT2D eigenvalue weighted by Crippen LogP contribution is 2.12. The highest BCUT2D eigenvalue weighted by Gasteiger charge is 2.19. The number of esters is 3. The molecule has 0 heterocycles. The molecule has 0 radical (unpaired) electrons. The molecule has 6 nitrogen and oxygen atoms in total. The van der Waals surface area contributed by atoms with Crippen LogP contribution in [-0.2, 0) is 28.6 Å². The Balaban J connectivity index is 4.44. The predicted molar refractivity (Wildman–Crippen MR) is 265 cm³/mol. The van der Waals surface area contributed by atoms with Crippen molar-refractivity contribution < 1.29 is 28.6 Å². The van der Waals surface area contributed by atoms with Crippen molar-refractivity contribution in [3.63, 3.8) is 0 Å². The van der Waals surface area contributed by atoms with Crippen LogP contribution in [0.4, 0.5) is 0 Å². The molecule has 0 amide bonds. The van der Waals surface area contributed by atoms with Crippen LogP contribution < -0.4 is 0 Å². The number of allylic oxidation sites excluding steroid dienone is 18. The zero-order valence-corrected chi connectivity index (χ0v) is 39.8. The zero-order valence-electron chi connectivity index (χ0n) is 39.8. The smallest absolute Gasteiger partial charge is 0.306 e. The molecule has 0 saturated heterocycles. The Labute approximate surface area is 380 Å². The average molecular weight is 859 g/mol. The minimum atomic E-state index is -0.803. The third kappa shape index (κ3) is 47.1. The van der Waals surface area contributed by atoms with Gasteiger partial charge in [-0.25, -0.2) is 0 Å². The van der Waals surface area contributed by atoms with E-state index in [-0.39, 0.29) is 31.1 Å². The number of hydrogen-bond acceptors (Lipinski definition) is 6. The fourth-order valence-electron chi connectivity index (χ4n) is 6.34. The molecule has 1 atom stereocenters. The van der Waals surface area contributed by atoms with Crippen LogP contribution in [0.25, 0.3) is 0 Å². The lowest BCUT2D eigenvalue weighted by Gasteiger charge is -2.18. The summed E-state index contributed by atoms with van der Waals surface area (Å²) in [4.78, 5) is 37.8. The van der Waals surface area contributed by atoms with Crippen molar-refractivity contribution in [1.82, 2.24) is 0 Å². The molecule has 0 spiro atoms. The third-order valence-corrected chi connectivity index (χ3v) is 10.0. The van der Waals surface area contributed by atoms with E-state index in [4.69, 9.17) is 14.2 Å². The van der Waals surface area contributed by atoms with Crippen molar-refractivity contribution in [2.45, 2.75) is 213 Å². The van der Waals surface area contributed by atoms with Gasteiger partial charge in [0, 0.05) is 19.3 Å². The van der Waals surface area contributed by atoms with Gasteiger partial charge in [-0.3, -0.25) is 14.4 Å². The molecule has 62 heavy (non-hydrogen) atoms. The van der Waals surface area contributed by atoms with Crippen molar-refractivity contribution in [2.24, 2.45) is 0 Å². The van der Waals surface area contributed by atoms with E-state index in [2.05, 4.69) is 130 Å². The summed E-state index contributed by atoms with van der Waals surface area (Å²) in [5, 5.41) is 0. The number of unbranched alkanes of at least 4 members (excludes halogenated alkanes) is 14. The highest BCUT2D eigenvalue weighted by molar-refractivity contribution is 5.71. The van der Waals surface area contributed by atoms with Gasteiger partial charge in [-0.05, 0) is 103 Å². The summed E-state index contributed by atoms with van der Waals surface area (Å²) in [6, 6.07) is 0. The Kier molecular flexibility index (Phi) is 46.6. The van der Waals surface area contributed by atoms with Crippen LogP contribution in [0.15, 0.2) is 109 Å². The molecule has 0 bridgehead atoms. The van der Waals surface area contributed by atoms with Gasteiger partial charge >= 0.3 is 17.9 Å². The molecule has 350 valence electrons. The average Bonchev–Trinajstić information content (AvgIpc) is 3.27. The standard InChI is InChI=1S/C56H90O6/c1-4-7-10-13-16-19-21-23-25-27-28-30-31-33-35-37-40-43-46-49-55(58)61-52-53(51-60-54(57)48-45-42-39-18-15-12-9-6-3)62-56(59)50-47-44-41-38-36-34-32-29-26-24-22-20-17-14-11-8-5-2/h7-8,10-11,16-17,19-20,23-26,28,30,32-35,53H,4-6,9,12-15,18,21-22,27,29,31,36-52H2,1-3H3/b10-7-,11-8-,19-16-,20-17-,25-23-,26-24-,30-28-,34-32-,35-33-. The number of carbonyl (C=O) groups is 3. The Hall–Kier alpha value is -3.93. The first-order chi connectivity index (χ1) is 30.5. The lowest BCUT2D eigenvalue weighted by Crippen LogP contribution is -2.30. The van der Waals surface area contributed by atoms with Crippen molar-refractivity contribution in [1.29, 1.82) is 0 Å². The van der Waals surface area contributed by atoms with Crippen LogP contribution >= 0.6 is 0 Å². The van der Waals surface area contributed by atoms with E-state index in [1.165, 1.54) is 32.1 Å². The normalized spacial score (nSPS) is 13.0. The van der Waals surface area contributed by atoms with E-state index in [0.29, 0.717) is 19.3 Å². The topological polar surface area (TPSA) is 78.9 Å². The molecule has 0 saturated carbocycles. The van der Waals surface area contributed by atoms with Crippen molar-refractivity contribution in [2.75, 3.05) is 13.2 Å². The number of rotatable bonds is 43. The first-order valence-corrected chi connectivity index (χ1v) is 24.9. The molecule has 0 N–H and O–H groups in total. The Morgan fingerprint density at radius 2 is 0.629 bits per heavy atom. The van der Waals surface area contributed by atoms with Gasteiger partial charge in [0.1, 0.15) is 13.2 Å². The number of ether oxygens (including phenoxy) is 3. The third-order valence-electron chi connectivity index (χ3n) is 10.0. The summed E-state index contributed by atoms with van der Waals surface area (Å²) in [6.07, 6.45) is 66.5. The maximum absolute atomic E-state index is 12.8. The molecular weight excluding hydrogens is 769 g/mol. The van der Waals surface area contributed by atoms with E-state index in [9.17, 15) is 14.4 Å². The van der Waals surface area contributed by atoms with E-state index in [1.54, 1.807) is 0 Å². The minimum absolute atomic E-state index is 0.100. The molecule has 0 fully saturated rings. The van der Waals surface area contributed by atoms with Crippen LogP contribution in [-0.4, -0.2) is 37.2 Å². The molecule has 6 heteroatoms. The SMILES string of the molecule is CC/C=C\C/C=C\C/C=C\C/C=C\C/C=C\CCCCCC(=O)OCC(COC(=O)CCCCCCCCCC)OC(=O)CCCCCC/C=C\C/C=C\C/C=C\C/C=C\CC. The monoisotopic (exact) mass is 859 g/mol. The fraction of sp³-hybridized carbons (Fsp3) is 0.625. The quantitative estimate of drug-likeness (QED) is 0.0263. The van der Waals surface area contributed by atoms with Crippen LogP contribution in [0.5, 0.6) is 0 Å². The summed E-state index contributed by atoms with van der Waals surface area (Å²) >= 11 is 0. The Morgan fingerprint density at radius 3 is 1.00 bits per heavy atom. The molecule has 0 aliphatic heterocycles. The van der Waals surface area contributed by atoms with Gasteiger partial charge in [0.2, 0.25) is 0 Å². The highest BCUT2D eigenvalue weighted by atomic mass is 16.6. The van der Waals surface area contributed by atoms with Crippen molar-refractivity contribution in [3.8, 4) is 0 Å². The lowest BCUT2D eigenvalue weighted by molar-refractivity contribution is -0.167. The van der Waals surface area contributed by atoms with Crippen LogP contribution in [0.2, 0.25) is 0 Å². The summed E-state index contributed by atoms with van der Waals surface area (Å²) in [5.41, 5.74) is 0. The fourth-order valence-corrected chi connectivity index (χ4v) is 6.34. The van der Waals surface area contributed by atoms with Crippen LogP contribution in [0, 0.1) is 0 Å². The van der Waals surface area contributed by atoms with Gasteiger partial charge in [0.15, 0.2) is 6.10 Å². The molecule has 1 unspecified atom stereocenters. The van der Waals surface area contributed by atoms with Crippen LogP contribution in [0.1, 0.15) is 207 Å². The molecule has 0 aliphatic carbocycles. The summed E-state index contributed by atoms with van der Waals surface area (Å²) in [7, 11) is 0. The van der Waals surface area contributed by atoms with Gasteiger partial charge in [-0.15, -0.1) is 0 Å². The second-order valence-electron chi connectivity index (χ2n) is 16.0. The Bertz CT molecular complexity index is 1310. The maximum Gasteiger partial charge on any atom is 0.306 e. The first-order valence-electron chi connectivity index (χ1n) is 24.9. The molecule has 0 aliphatic rings. The van der Waals surface area contributed by atoms with Gasteiger partial charge in [0.25, 0.3) is 0 Å². The van der Waals surface area contributed by atoms with Gasteiger partial charge in [0.05, 0.1) is 0 Å². The van der Waals surface area contributed by atoms with E-state index >= 15 is 0 Å². The first kappa shape index (κ1) is 58.1. The number of carbonyl (C=O) groups excluding carboxylic acids is 3. The zero-order chi connectivity index (χ0) is 45.1. The van der Waals surface area contributed by atoms with Crippen molar-refractivity contribution >= 4 is 17.9 Å². The van der Waals surface area contributed by atoms with E-state index in [0.717, 1.165) is 135 Å². The summed E-state index contributed by atoms with van der Waals surface area (Å²) < 4.78 is 16.7. The van der Waals surface area contributed by atoms with Gasteiger partial charge in [-0.1, -0.05) is 194 Å². The maximum atomic E-state index is 12.8. The molecule has 0 aromatic rings. The Morgan fingerprint density at radius 1 is 0.339 bits per heavy atom. The van der Waals surface area contributed by atoms with Gasteiger partial charge < -0.3 is 14.2 Å². The van der Waals surface area contributed by atoms with E-state index < -0.39 is 6.10 Å². The second-order valence-corrected chi connectivity index (χ2v) is 16.0. The molecular formula is C56H90O6. The molecule has 0 aromatic heterocycles. The van der Waals surface area contributed by atoms with Crippen molar-refractivity contribution in [3.05, 3.63) is 109 Å². The van der Waals surface area contributed by atoms with E-state index in [1.807, 2.05) is 0 Å². The minimum Gasteiger partial charge on any atom is -0.462 e. The van der Waals surface area contributed by atoms with Gasteiger partial charge in [-0.2, -0.15) is 0 Å². The molecule has 0 rings (SSSR count). The number of hydrogen-bond donors (Lipinski definition) is 0. The van der Waals surface area contributed by atoms with Crippen LogP contribution in [0.3, 0.4) is 0 Å². The summed E-state index contributed by atoms with van der Waals surface area (Å²) in [5.74, 6) is -0.970. The summed E-state index contributed by atoms with van der Waals surface area (Å²) in [6.45, 7) is 6.31. The lowest BCUT2D eigenvalue weighted by atomic mass is 10.1. The second kappa shape index (κ2) is 49.7. The molecule has 0 aromatic carbocycles.